The maximum Gasteiger partial charge on any atom is 0.306 e. The Kier molecular flexibility index (Phi) is 4.11. The Morgan fingerprint density at radius 3 is 2.68 bits per heavy atom. The van der Waals surface area contributed by atoms with Crippen molar-refractivity contribution in [1.29, 1.82) is 0 Å². The SMILES string of the molecule is CCOC(=O)CC1CCC2CC1CN2C1CCCC1. The Morgan fingerprint density at radius 2 is 1.95 bits per heavy atom. The van der Waals surface area contributed by atoms with Crippen LogP contribution in [0.5, 0.6) is 0 Å². The molecule has 3 fully saturated rings. The van der Waals surface area contributed by atoms with Gasteiger partial charge < -0.3 is 4.74 Å². The number of hydrogen-bond donors (Lipinski definition) is 0. The number of nitrogens with zero attached hydrogens (tertiary/aromatic N) is 1. The number of ether oxygens (including phenoxy) is 1. The maximum atomic E-state index is 11.7. The topological polar surface area (TPSA) is 29.5 Å². The van der Waals surface area contributed by atoms with Gasteiger partial charge in [0.2, 0.25) is 0 Å². The Morgan fingerprint density at radius 1 is 1.16 bits per heavy atom. The monoisotopic (exact) mass is 265 g/mol. The number of rotatable bonds is 4. The van der Waals surface area contributed by atoms with E-state index in [1.54, 1.807) is 0 Å². The van der Waals surface area contributed by atoms with Gasteiger partial charge in [-0.05, 0) is 50.9 Å². The molecule has 1 saturated heterocycles. The third-order valence-corrected chi connectivity index (χ3v) is 5.55. The molecule has 1 heterocycles. The molecule has 19 heavy (non-hydrogen) atoms. The lowest BCUT2D eigenvalue weighted by Crippen LogP contribution is -2.37. The van der Waals surface area contributed by atoms with Crippen molar-refractivity contribution in [2.45, 2.75) is 70.4 Å². The van der Waals surface area contributed by atoms with Gasteiger partial charge in [0, 0.05) is 25.0 Å². The first-order valence-electron chi connectivity index (χ1n) is 8.19. The lowest BCUT2D eigenvalue weighted by Gasteiger charge is -2.31. The first kappa shape index (κ1) is 13.4. The molecule has 0 aromatic heterocycles. The number of hydrogen-bond acceptors (Lipinski definition) is 3. The molecule has 3 rings (SSSR count). The van der Waals surface area contributed by atoms with Gasteiger partial charge in [0.25, 0.3) is 0 Å². The number of esters is 1. The Balaban J connectivity index is 1.56. The zero-order valence-electron chi connectivity index (χ0n) is 12.1. The third kappa shape index (κ3) is 2.81. The third-order valence-electron chi connectivity index (χ3n) is 5.55. The highest BCUT2D eigenvalue weighted by molar-refractivity contribution is 5.69. The van der Waals surface area contributed by atoms with Crippen molar-refractivity contribution < 1.29 is 9.53 Å². The van der Waals surface area contributed by atoms with E-state index in [4.69, 9.17) is 4.74 Å². The molecule has 2 bridgehead atoms. The van der Waals surface area contributed by atoms with Crippen LogP contribution in [-0.2, 0) is 9.53 Å². The van der Waals surface area contributed by atoms with Crippen molar-refractivity contribution in [2.75, 3.05) is 13.2 Å². The summed E-state index contributed by atoms with van der Waals surface area (Å²) in [6.07, 6.45) is 10.2. The summed E-state index contributed by atoms with van der Waals surface area (Å²) in [6.45, 7) is 3.67. The number of carbonyl (C=O) groups excluding carboxylic acids is 1. The molecule has 0 aromatic rings. The summed E-state index contributed by atoms with van der Waals surface area (Å²) in [5.74, 6) is 1.36. The van der Waals surface area contributed by atoms with Crippen LogP contribution in [0.4, 0.5) is 0 Å². The van der Waals surface area contributed by atoms with E-state index in [9.17, 15) is 4.79 Å². The van der Waals surface area contributed by atoms with Gasteiger partial charge in [-0.3, -0.25) is 9.69 Å². The highest BCUT2D eigenvalue weighted by Gasteiger charge is 2.43. The molecule has 3 atom stereocenters. The van der Waals surface area contributed by atoms with E-state index in [0.717, 1.165) is 18.0 Å². The minimum atomic E-state index is 0.0188. The molecule has 0 N–H and O–H groups in total. The van der Waals surface area contributed by atoms with Crippen LogP contribution in [0, 0.1) is 11.8 Å². The van der Waals surface area contributed by atoms with Gasteiger partial charge in [-0.15, -0.1) is 0 Å². The smallest absolute Gasteiger partial charge is 0.306 e. The second-order valence-electron chi connectivity index (χ2n) is 6.63. The van der Waals surface area contributed by atoms with Crippen LogP contribution >= 0.6 is 0 Å². The van der Waals surface area contributed by atoms with E-state index in [1.165, 1.54) is 51.5 Å². The molecule has 2 aliphatic carbocycles. The summed E-state index contributed by atoms with van der Waals surface area (Å²) in [4.78, 5) is 14.5. The highest BCUT2D eigenvalue weighted by atomic mass is 16.5. The second kappa shape index (κ2) is 5.82. The first-order chi connectivity index (χ1) is 9.28. The highest BCUT2D eigenvalue weighted by Crippen LogP contribution is 2.43. The fourth-order valence-corrected chi connectivity index (χ4v) is 4.63. The fourth-order valence-electron chi connectivity index (χ4n) is 4.63. The molecule has 3 nitrogen and oxygen atoms in total. The van der Waals surface area contributed by atoms with Gasteiger partial charge in [0.1, 0.15) is 0 Å². The van der Waals surface area contributed by atoms with Crippen molar-refractivity contribution >= 4 is 5.97 Å². The van der Waals surface area contributed by atoms with Crippen LogP contribution < -0.4 is 0 Å². The quantitative estimate of drug-likeness (QED) is 0.732. The van der Waals surface area contributed by atoms with Crippen molar-refractivity contribution in [3.05, 3.63) is 0 Å². The number of carbonyl (C=O) groups is 1. The van der Waals surface area contributed by atoms with Crippen LogP contribution in [0.3, 0.4) is 0 Å². The normalized spacial score (nSPS) is 35.7. The molecule has 0 radical (unpaired) electrons. The van der Waals surface area contributed by atoms with E-state index in [-0.39, 0.29) is 5.97 Å². The van der Waals surface area contributed by atoms with Gasteiger partial charge >= 0.3 is 5.97 Å². The second-order valence-corrected chi connectivity index (χ2v) is 6.63. The minimum Gasteiger partial charge on any atom is -0.466 e. The van der Waals surface area contributed by atoms with Crippen molar-refractivity contribution in [1.82, 2.24) is 4.90 Å². The molecule has 1 aliphatic heterocycles. The van der Waals surface area contributed by atoms with Crippen molar-refractivity contribution in [2.24, 2.45) is 11.8 Å². The van der Waals surface area contributed by atoms with E-state index < -0.39 is 0 Å². The molecule has 3 aliphatic rings. The predicted molar refractivity (Wildman–Crippen MR) is 74.8 cm³/mol. The van der Waals surface area contributed by atoms with E-state index in [0.29, 0.717) is 18.9 Å². The summed E-state index contributed by atoms with van der Waals surface area (Å²) >= 11 is 0. The molecule has 0 amide bonds. The predicted octanol–water partition coefficient (Wildman–Crippen LogP) is 2.98. The Labute approximate surface area is 116 Å². The van der Waals surface area contributed by atoms with Gasteiger partial charge in [0.15, 0.2) is 0 Å². The van der Waals surface area contributed by atoms with E-state index >= 15 is 0 Å². The fraction of sp³-hybridized carbons (Fsp3) is 0.938. The summed E-state index contributed by atoms with van der Waals surface area (Å²) in [7, 11) is 0. The van der Waals surface area contributed by atoms with Crippen LogP contribution in [0.1, 0.15) is 58.3 Å². The molecule has 0 spiro atoms. The molecular weight excluding hydrogens is 238 g/mol. The lowest BCUT2D eigenvalue weighted by molar-refractivity contribution is -0.144. The molecular formula is C16H27NO2. The van der Waals surface area contributed by atoms with Gasteiger partial charge in [-0.25, -0.2) is 0 Å². The Bertz CT molecular complexity index is 325. The van der Waals surface area contributed by atoms with Gasteiger partial charge in [-0.2, -0.15) is 0 Å². The zero-order chi connectivity index (χ0) is 13.2. The zero-order valence-corrected chi connectivity index (χ0v) is 12.1. The maximum absolute atomic E-state index is 11.7. The average molecular weight is 265 g/mol. The summed E-state index contributed by atoms with van der Waals surface area (Å²) in [5, 5.41) is 0. The first-order valence-corrected chi connectivity index (χ1v) is 8.19. The van der Waals surface area contributed by atoms with Crippen LogP contribution in [0.15, 0.2) is 0 Å². The average Bonchev–Trinajstić information content (AvgIpc) is 3.02. The standard InChI is InChI=1S/C16H27NO2/c1-2-19-16(18)10-12-7-8-15-9-13(12)11-17(15)14-5-3-4-6-14/h12-15H,2-11H2,1H3. The lowest BCUT2D eigenvalue weighted by atomic mass is 9.78. The number of likely N-dealkylation sites (tertiary alicyclic amines) is 1. The van der Waals surface area contributed by atoms with Crippen molar-refractivity contribution in [3.8, 4) is 0 Å². The molecule has 3 unspecified atom stereocenters. The summed E-state index contributed by atoms with van der Waals surface area (Å²) in [6, 6.07) is 1.68. The van der Waals surface area contributed by atoms with Crippen LogP contribution in [0.25, 0.3) is 0 Å². The van der Waals surface area contributed by atoms with E-state index in [1.807, 2.05) is 6.92 Å². The summed E-state index contributed by atoms with van der Waals surface area (Å²) in [5.41, 5.74) is 0. The van der Waals surface area contributed by atoms with Crippen molar-refractivity contribution in [3.63, 3.8) is 0 Å². The Hall–Kier alpha value is -0.570. The molecule has 108 valence electrons. The summed E-state index contributed by atoms with van der Waals surface area (Å²) < 4.78 is 5.13. The number of fused-ring (bicyclic) bond motifs is 2. The van der Waals surface area contributed by atoms with Gasteiger partial charge in [-0.1, -0.05) is 12.8 Å². The minimum absolute atomic E-state index is 0.0188. The molecule has 2 saturated carbocycles. The largest absolute Gasteiger partial charge is 0.466 e. The van der Waals surface area contributed by atoms with Crippen LogP contribution in [-0.4, -0.2) is 36.1 Å². The molecule has 0 aromatic carbocycles. The van der Waals surface area contributed by atoms with E-state index in [2.05, 4.69) is 4.90 Å². The molecule has 3 heteroatoms. The van der Waals surface area contributed by atoms with Gasteiger partial charge in [0.05, 0.1) is 6.61 Å². The van der Waals surface area contributed by atoms with Crippen LogP contribution in [0.2, 0.25) is 0 Å².